The fourth-order valence-electron chi connectivity index (χ4n) is 2.86. The van der Waals surface area contributed by atoms with Crippen LogP contribution in [0.4, 0.5) is 0 Å². The molecule has 0 bridgehead atoms. The number of nitrogens with one attached hydrogen (secondary N) is 1. The van der Waals surface area contributed by atoms with Crippen molar-refractivity contribution in [2.45, 2.75) is 13.0 Å². The van der Waals surface area contributed by atoms with Crippen LogP contribution in [-0.4, -0.2) is 53.4 Å². The molecule has 6 nitrogen and oxygen atoms in total. The molecular weight excluding hydrogens is 304 g/mol. The number of aryl methyl sites for hydroxylation is 2. The largest absolute Gasteiger partial charge is 0.379 e. The molecule has 0 spiro atoms. The van der Waals surface area contributed by atoms with Crippen molar-refractivity contribution in [2.24, 2.45) is 7.05 Å². The van der Waals surface area contributed by atoms with Gasteiger partial charge in [-0.1, -0.05) is 29.8 Å². The van der Waals surface area contributed by atoms with E-state index in [4.69, 9.17) is 4.74 Å². The van der Waals surface area contributed by atoms with E-state index in [-0.39, 0.29) is 11.9 Å². The Hall–Kier alpha value is -2.18. The molecule has 0 saturated carbocycles. The van der Waals surface area contributed by atoms with Gasteiger partial charge < -0.3 is 10.1 Å². The van der Waals surface area contributed by atoms with Crippen LogP contribution in [-0.2, 0) is 11.8 Å². The van der Waals surface area contributed by atoms with Crippen LogP contribution < -0.4 is 5.32 Å². The van der Waals surface area contributed by atoms with Gasteiger partial charge in [0.15, 0.2) is 0 Å². The minimum atomic E-state index is -0.0954. The monoisotopic (exact) mass is 328 g/mol. The van der Waals surface area contributed by atoms with Crippen LogP contribution in [0.2, 0.25) is 0 Å². The summed E-state index contributed by atoms with van der Waals surface area (Å²) in [6.45, 7) is 6.12. The van der Waals surface area contributed by atoms with Crippen molar-refractivity contribution in [1.29, 1.82) is 0 Å². The Labute approximate surface area is 142 Å². The van der Waals surface area contributed by atoms with E-state index in [1.807, 2.05) is 7.05 Å². The second-order valence-electron chi connectivity index (χ2n) is 6.25. The molecule has 6 heteroatoms. The second kappa shape index (κ2) is 7.59. The molecule has 1 aromatic carbocycles. The lowest BCUT2D eigenvalue weighted by atomic mass is 10.0. The van der Waals surface area contributed by atoms with E-state index in [0.717, 1.165) is 38.4 Å². The summed E-state index contributed by atoms with van der Waals surface area (Å²) >= 11 is 0. The highest BCUT2D eigenvalue weighted by atomic mass is 16.5. The highest BCUT2D eigenvalue weighted by molar-refractivity contribution is 5.93. The zero-order valence-electron chi connectivity index (χ0n) is 14.2. The molecule has 1 aliphatic heterocycles. The number of ether oxygens (including phenoxy) is 1. The minimum absolute atomic E-state index is 0.0589. The summed E-state index contributed by atoms with van der Waals surface area (Å²) in [5.41, 5.74) is 2.91. The van der Waals surface area contributed by atoms with E-state index >= 15 is 0 Å². The van der Waals surface area contributed by atoms with Gasteiger partial charge in [-0.15, -0.1) is 0 Å². The fraction of sp³-hybridized carbons (Fsp3) is 0.444. The summed E-state index contributed by atoms with van der Waals surface area (Å²) in [6, 6.07) is 8.28. The maximum absolute atomic E-state index is 12.5. The van der Waals surface area contributed by atoms with Crippen LogP contribution in [0.15, 0.2) is 36.7 Å². The van der Waals surface area contributed by atoms with Gasteiger partial charge in [0, 0.05) is 32.9 Å². The zero-order chi connectivity index (χ0) is 16.9. The first-order valence-corrected chi connectivity index (χ1v) is 8.28. The molecule has 128 valence electrons. The van der Waals surface area contributed by atoms with Gasteiger partial charge in [-0.05, 0) is 12.5 Å². The standard InChI is InChI=1S/C18H24N4O2/c1-14-3-5-15(6-4-14)17(13-22-7-9-24-10-8-22)20-18(23)16-11-19-21(2)12-16/h3-6,11-12,17H,7-10,13H2,1-2H3,(H,20,23). The third-order valence-corrected chi connectivity index (χ3v) is 4.30. The number of carbonyl (C=O) groups excluding carboxylic acids is 1. The summed E-state index contributed by atoms with van der Waals surface area (Å²) in [4.78, 5) is 14.9. The molecule has 1 unspecified atom stereocenters. The quantitative estimate of drug-likeness (QED) is 0.904. The number of carbonyl (C=O) groups is 1. The lowest BCUT2D eigenvalue weighted by molar-refractivity contribution is 0.0332. The number of aromatic nitrogens is 2. The maximum atomic E-state index is 12.5. The maximum Gasteiger partial charge on any atom is 0.254 e. The average molecular weight is 328 g/mol. The smallest absolute Gasteiger partial charge is 0.254 e. The Balaban J connectivity index is 1.75. The Morgan fingerprint density at radius 1 is 1.29 bits per heavy atom. The summed E-state index contributed by atoms with van der Waals surface area (Å²) in [6.07, 6.45) is 3.33. The number of nitrogens with zero attached hydrogens (tertiary/aromatic N) is 3. The van der Waals surface area contributed by atoms with Gasteiger partial charge in [-0.3, -0.25) is 14.4 Å². The molecule has 1 amide bonds. The Kier molecular flexibility index (Phi) is 5.27. The van der Waals surface area contributed by atoms with Crippen LogP contribution in [0.25, 0.3) is 0 Å². The zero-order valence-corrected chi connectivity index (χ0v) is 14.2. The number of rotatable bonds is 5. The topological polar surface area (TPSA) is 59.4 Å². The summed E-state index contributed by atoms with van der Waals surface area (Å²) in [7, 11) is 1.81. The molecule has 2 heterocycles. The fourth-order valence-corrected chi connectivity index (χ4v) is 2.86. The predicted molar refractivity (Wildman–Crippen MR) is 91.9 cm³/mol. The lowest BCUT2D eigenvalue weighted by Gasteiger charge is -2.31. The van der Waals surface area contributed by atoms with Gasteiger partial charge in [-0.25, -0.2) is 0 Å². The van der Waals surface area contributed by atoms with Crippen molar-refractivity contribution in [1.82, 2.24) is 20.0 Å². The molecule has 3 rings (SSSR count). The number of benzene rings is 1. The van der Waals surface area contributed by atoms with Gasteiger partial charge >= 0.3 is 0 Å². The summed E-state index contributed by atoms with van der Waals surface area (Å²) in [5.74, 6) is -0.0954. The van der Waals surface area contributed by atoms with E-state index in [1.54, 1.807) is 17.1 Å². The van der Waals surface area contributed by atoms with Crippen molar-refractivity contribution in [3.8, 4) is 0 Å². The van der Waals surface area contributed by atoms with Crippen molar-refractivity contribution >= 4 is 5.91 Å². The highest BCUT2D eigenvalue weighted by Crippen LogP contribution is 2.17. The van der Waals surface area contributed by atoms with E-state index < -0.39 is 0 Å². The first-order chi connectivity index (χ1) is 11.6. The van der Waals surface area contributed by atoms with E-state index in [2.05, 4.69) is 46.5 Å². The van der Waals surface area contributed by atoms with Gasteiger partial charge in [0.05, 0.1) is 31.0 Å². The van der Waals surface area contributed by atoms with Crippen LogP contribution >= 0.6 is 0 Å². The van der Waals surface area contributed by atoms with Gasteiger partial charge in [0.1, 0.15) is 0 Å². The van der Waals surface area contributed by atoms with Gasteiger partial charge in [0.25, 0.3) is 5.91 Å². The van der Waals surface area contributed by atoms with Crippen LogP contribution in [0.3, 0.4) is 0 Å². The molecular formula is C18H24N4O2. The SMILES string of the molecule is Cc1ccc(C(CN2CCOCC2)NC(=O)c2cnn(C)c2)cc1. The van der Waals surface area contributed by atoms with E-state index in [0.29, 0.717) is 5.56 Å². The molecule has 1 aromatic heterocycles. The third-order valence-electron chi connectivity index (χ3n) is 4.30. The first-order valence-electron chi connectivity index (χ1n) is 8.28. The third kappa shape index (κ3) is 4.21. The Morgan fingerprint density at radius 2 is 2.00 bits per heavy atom. The predicted octanol–water partition coefficient (Wildman–Crippen LogP) is 1.53. The number of amides is 1. The summed E-state index contributed by atoms with van der Waals surface area (Å²) < 4.78 is 7.05. The van der Waals surface area contributed by atoms with Gasteiger partial charge in [0.2, 0.25) is 0 Å². The summed E-state index contributed by atoms with van der Waals surface area (Å²) in [5, 5.41) is 7.23. The van der Waals surface area contributed by atoms with Crippen LogP contribution in [0.1, 0.15) is 27.5 Å². The van der Waals surface area contributed by atoms with E-state index in [1.165, 1.54) is 5.56 Å². The molecule has 2 aromatic rings. The molecule has 1 aliphatic rings. The Bertz CT molecular complexity index is 675. The molecule has 1 saturated heterocycles. The van der Waals surface area contributed by atoms with E-state index in [9.17, 15) is 4.79 Å². The normalized spacial score (nSPS) is 16.8. The molecule has 1 N–H and O–H groups in total. The van der Waals surface area contributed by atoms with Crippen molar-refractivity contribution < 1.29 is 9.53 Å². The van der Waals surface area contributed by atoms with Crippen LogP contribution in [0.5, 0.6) is 0 Å². The van der Waals surface area contributed by atoms with Crippen LogP contribution in [0, 0.1) is 6.92 Å². The second-order valence-corrected chi connectivity index (χ2v) is 6.25. The van der Waals surface area contributed by atoms with Gasteiger partial charge in [-0.2, -0.15) is 5.10 Å². The first kappa shape index (κ1) is 16.7. The number of hydrogen-bond donors (Lipinski definition) is 1. The van der Waals surface area contributed by atoms with Crippen molar-refractivity contribution in [3.63, 3.8) is 0 Å². The number of hydrogen-bond acceptors (Lipinski definition) is 4. The molecule has 1 fully saturated rings. The van der Waals surface area contributed by atoms with Crippen molar-refractivity contribution in [3.05, 3.63) is 53.3 Å². The highest BCUT2D eigenvalue weighted by Gasteiger charge is 2.21. The minimum Gasteiger partial charge on any atom is -0.379 e. The number of morpholine rings is 1. The Morgan fingerprint density at radius 3 is 2.62 bits per heavy atom. The lowest BCUT2D eigenvalue weighted by Crippen LogP contribution is -2.43. The van der Waals surface area contributed by atoms with Crippen molar-refractivity contribution in [2.75, 3.05) is 32.8 Å². The molecule has 24 heavy (non-hydrogen) atoms. The average Bonchev–Trinajstić information content (AvgIpc) is 3.02. The molecule has 0 aliphatic carbocycles. The molecule has 0 radical (unpaired) electrons. The molecule has 1 atom stereocenters.